The number of hydrogen-bond acceptors (Lipinski definition) is 5. The molecule has 3 rings (SSSR count). The summed E-state index contributed by atoms with van der Waals surface area (Å²) in [7, 11) is 0. The summed E-state index contributed by atoms with van der Waals surface area (Å²) in [5, 5.41) is 3.86. The van der Waals surface area contributed by atoms with Gasteiger partial charge in [-0.3, -0.25) is 4.79 Å². The van der Waals surface area contributed by atoms with E-state index in [2.05, 4.69) is 33.3 Å². The second-order valence-corrected chi connectivity index (χ2v) is 6.62. The fraction of sp³-hybridized carbons (Fsp3) is 0.200. The Hall–Kier alpha value is -2.12. The third kappa shape index (κ3) is 2.65. The molecule has 0 aliphatic rings. The molecular weight excluding hydrogens is 316 g/mol. The summed E-state index contributed by atoms with van der Waals surface area (Å²) in [5.74, 6) is -0.298. The molecule has 1 aromatic carbocycles. The van der Waals surface area contributed by atoms with Crippen molar-refractivity contribution in [2.24, 2.45) is 4.99 Å². The van der Waals surface area contributed by atoms with Gasteiger partial charge in [0.25, 0.3) is 5.91 Å². The molecule has 2 aromatic heterocycles. The van der Waals surface area contributed by atoms with E-state index in [1.165, 1.54) is 16.9 Å². The molecule has 112 valence electrons. The van der Waals surface area contributed by atoms with Crippen LogP contribution < -0.4 is 4.80 Å². The average molecular weight is 330 g/mol. The first-order valence-electron chi connectivity index (χ1n) is 6.69. The number of thiazole rings is 1. The van der Waals surface area contributed by atoms with Crippen molar-refractivity contribution >= 4 is 39.0 Å². The van der Waals surface area contributed by atoms with Crippen molar-refractivity contribution in [1.29, 1.82) is 0 Å². The van der Waals surface area contributed by atoms with Gasteiger partial charge in [-0.2, -0.15) is 4.99 Å². The van der Waals surface area contributed by atoms with Crippen LogP contribution in [0.15, 0.2) is 35.8 Å². The molecule has 0 aliphatic heterocycles. The van der Waals surface area contributed by atoms with Crippen LogP contribution in [0.25, 0.3) is 10.2 Å². The van der Waals surface area contributed by atoms with Crippen LogP contribution >= 0.6 is 22.9 Å². The number of aromatic nitrogens is 3. The quantitative estimate of drug-likeness (QED) is 0.693. The standard InChI is InChI=1S/C15H14N4OS2/c1-4-7-19-11-6-5-9(2)8-12(11)21-15(19)16-14(20)13-10(3)17-18-22-13/h4-6,8H,1,7H2,2-3H3. The summed E-state index contributed by atoms with van der Waals surface area (Å²) < 4.78 is 6.89. The summed E-state index contributed by atoms with van der Waals surface area (Å²) in [6.07, 6.45) is 1.80. The first kappa shape index (κ1) is 14.8. The number of amides is 1. The van der Waals surface area contributed by atoms with Crippen LogP contribution in [0.5, 0.6) is 0 Å². The maximum atomic E-state index is 12.3. The Morgan fingerprint density at radius 1 is 1.45 bits per heavy atom. The summed E-state index contributed by atoms with van der Waals surface area (Å²) in [5.41, 5.74) is 2.85. The Labute approximate surface area is 135 Å². The number of fused-ring (bicyclic) bond motifs is 1. The van der Waals surface area contributed by atoms with Gasteiger partial charge in [-0.05, 0) is 43.1 Å². The van der Waals surface area contributed by atoms with Gasteiger partial charge in [0.1, 0.15) is 4.88 Å². The van der Waals surface area contributed by atoms with Gasteiger partial charge in [0.2, 0.25) is 0 Å². The molecule has 7 heteroatoms. The predicted octanol–water partition coefficient (Wildman–Crippen LogP) is 3.10. The van der Waals surface area contributed by atoms with Crippen molar-refractivity contribution in [3.8, 4) is 0 Å². The Bertz CT molecular complexity index is 933. The molecule has 22 heavy (non-hydrogen) atoms. The molecule has 0 bridgehead atoms. The Morgan fingerprint density at radius 3 is 2.95 bits per heavy atom. The molecule has 5 nitrogen and oxygen atoms in total. The van der Waals surface area contributed by atoms with E-state index < -0.39 is 0 Å². The number of allylic oxidation sites excluding steroid dienone is 1. The second kappa shape index (κ2) is 5.94. The summed E-state index contributed by atoms with van der Waals surface area (Å²) >= 11 is 2.58. The monoisotopic (exact) mass is 330 g/mol. The number of carbonyl (C=O) groups is 1. The van der Waals surface area contributed by atoms with Crippen LogP contribution in [-0.2, 0) is 6.54 Å². The number of aryl methyl sites for hydroxylation is 2. The Morgan fingerprint density at radius 2 is 2.27 bits per heavy atom. The predicted molar refractivity (Wildman–Crippen MR) is 89.3 cm³/mol. The largest absolute Gasteiger partial charge is 0.312 e. The van der Waals surface area contributed by atoms with E-state index in [4.69, 9.17) is 0 Å². The molecular formula is C15H14N4OS2. The number of hydrogen-bond donors (Lipinski definition) is 0. The van der Waals surface area contributed by atoms with Crippen molar-refractivity contribution in [2.45, 2.75) is 20.4 Å². The lowest BCUT2D eigenvalue weighted by Crippen LogP contribution is -2.16. The highest BCUT2D eigenvalue weighted by atomic mass is 32.1. The van der Waals surface area contributed by atoms with Gasteiger partial charge in [0.15, 0.2) is 4.80 Å². The molecule has 2 heterocycles. The van der Waals surface area contributed by atoms with Crippen molar-refractivity contribution in [1.82, 2.24) is 14.2 Å². The molecule has 0 aliphatic carbocycles. The Balaban J connectivity index is 2.19. The average Bonchev–Trinajstić information content (AvgIpc) is 3.03. The van der Waals surface area contributed by atoms with Crippen molar-refractivity contribution in [3.05, 3.63) is 51.8 Å². The minimum Gasteiger partial charge on any atom is -0.312 e. The number of nitrogens with zero attached hydrogens (tertiary/aromatic N) is 4. The lowest BCUT2D eigenvalue weighted by molar-refractivity contribution is 0.100. The van der Waals surface area contributed by atoms with Gasteiger partial charge < -0.3 is 4.57 Å². The highest BCUT2D eigenvalue weighted by Crippen LogP contribution is 2.19. The van der Waals surface area contributed by atoms with Crippen LogP contribution in [0.2, 0.25) is 0 Å². The fourth-order valence-electron chi connectivity index (χ4n) is 2.14. The Kier molecular flexibility index (Phi) is 4.00. The number of carbonyl (C=O) groups excluding carboxylic acids is 1. The van der Waals surface area contributed by atoms with Crippen LogP contribution in [0, 0.1) is 13.8 Å². The number of rotatable bonds is 3. The van der Waals surface area contributed by atoms with Gasteiger partial charge in [-0.15, -0.1) is 11.7 Å². The zero-order valence-corrected chi connectivity index (χ0v) is 13.9. The van der Waals surface area contributed by atoms with E-state index in [9.17, 15) is 4.79 Å². The van der Waals surface area contributed by atoms with Crippen LogP contribution in [0.1, 0.15) is 20.9 Å². The van der Waals surface area contributed by atoms with Gasteiger partial charge in [-0.25, -0.2) is 0 Å². The lowest BCUT2D eigenvalue weighted by atomic mass is 10.2. The molecule has 0 fully saturated rings. The highest BCUT2D eigenvalue weighted by molar-refractivity contribution is 7.16. The SMILES string of the molecule is C=CCn1c(=NC(=O)c2snnc2C)sc2cc(C)ccc21. The van der Waals surface area contributed by atoms with Crippen molar-refractivity contribution < 1.29 is 4.79 Å². The highest BCUT2D eigenvalue weighted by Gasteiger charge is 2.13. The minimum absolute atomic E-state index is 0.298. The summed E-state index contributed by atoms with van der Waals surface area (Å²) in [6, 6.07) is 6.20. The zero-order chi connectivity index (χ0) is 15.7. The maximum absolute atomic E-state index is 12.3. The first-order chi connectivity index (χ1) is 10.6. The van der Waals surface area contributed by atoms with E-state index in [1.807, 2.05) is 17.6 Å². The first-order valence-corrected chi connectivity index (χ1v) is 8.28. The van der Waals surface area contributed by atoms with E-state index in [-0.39, 0.29) is 5.91 Å². The van der Waals surface area contributed by atoms with Gasteiger partial charge in [-0.1, -0.05) is 28.0 Å². The molecule has 1 amide bonds. The third-order valence-electron chi connectivity index (χ3n) is 3.19. The molecule has 0 atom stereocenters. The summed E-state index contributed by atoms with van der Waals surface area (Å²) in [4.78, 5) is 17.8. The lowest BCUT2D eigenvalue weighted by Gasteiger charge is -2.00. The smallest absolute Gasteiger partial charge is 0.293 e. The zero-order valence-electron chi connectivity index (χ0n) is 12.2. The van der Waals surface area contributed by atoms with E-state index in [0.717, 1.165) is 21.7 Å². The molecule has 3 aromatic rings. The van der Waals surface area contributed by atoms with Crippen LogP contribution in [0.4, 0.5) is 0 Å². The number of benzene rings is 1. The van der Waals surface area contributed by atoms with Crippen LogP contribution in [0.3, 0.4) is 0 Å². The van der Waals surface area contributed by atoms with Gasteiger partial charge >= 0.3 is 0 Å². The fourth-order valence-corrected chi connectivity index (χ4v) is 3.81. The maximum Gasteiger partial charge on any atom is 0.293 e. The van der Waals surface area contributed by atoms with Crippen LogP contribution in [-0.4, -0.2) is 20.1 Å². The molecule has 0 unspecified atom stereocenters. The minimum atomic E-state index is -0.298. The molecule has 0 saturated heterocycles. The second-order valence-electron chi connectivity index (χ2n) is 4.86. The van der Waals surface area contributed by atoms with Gasteiger partial charge in [0.05, 0.1) is 15.9 Å². The third-order valence-corrected chi connectivity index (χ3v) is 5.05. The van der Waals surface area contributed by atoms with E-state index in [1.54, 1.807) is 13.0 Å². The van der Waals surface area contributed by atoms with Gasteiger partial charge in [0, 0.05) is 6.54 Å². The topological polar surface area (TPSA) is 60.1 Å². The molecule has 0 N–H and O–H groups in total. The summed E-state index contributed by atoms with van der Waals surface area (Å²) in [6.45, 7) is 8.20. The molecule has 0 spiro atoms. The molecule has 0 radical (unpaired) electrons. The van der Waals surface area contributed by atoms with E-state index >= 15 is 0 Å². The van der Waals surface area contributed by atoms with E-state index in [0.29, 0.717) is 21.9 Å². The van der Waals surface area contributed by atoms with Crippen molar-refractivity contribution in [3.63, 3.8) is 0 Å². The molecule has 0 saturated carbocycles. The normalized spacial score (nSPS) is 12.0. The van der Waals surface area contributed by atoms with Crippen molar-refractivity contribution in [2.75, 3.05) is 0 Å².